The highest BCUT2D eigenvalue weighted by Gasteiger charge is 2.31. The van der Waals surface area contributed by atoms with E-state index in [1.165, 1.54) is 15.8 Å². The summed E-state index contributed by atoms with van der Waals surface area (Å²) in [7, 11) is 1.66. The molecule has 1 amide bonds. The summed E-state index contributed by atoms with van der Waals surface area (Å²) in [5.74, 6) is -0.603. The molecule has 1 aliphatic rings. The zero-order valence-electron chi connectivity index (χ0n) is 15.9. The monoisotopic (exact) mass is 420 g/mol. The molecular weight excluding hydrogens is 404 g/mol. The van der Waals surface area contributed by atoms with Gasteiger partial charge < -0.3 is 5.11 Å². The second kappa shape index (κ2) is 8.70. The first kappa shape index (κ1) is 19.5. The van der Waals surface area contributed by atoms with Crippen molar-refractivity contribution in [3.8, 4) is 0 Å². The summed E-state index contributed by atoms with van der Waals surface area (Å²) in [5, 5.41) is 16.2. The summed E-state index contributed by atoms with van der Waals surface area (Å²) >= 11 is 1.13. The minimum absolute atomic E-state index is 0.0139. The number of nitrogens with zero attached hydrogens (tertiary/aromatic N) is 6. The Bertz CT molecular complexity index is 1140. The van der Waals surface area contributed by atoms with E-state index in [4.69, 9.17) is 4.52 Å². The SMILES string of the molecule is C[n+]1cc(/N=C(/[O-])CSC2=N/C(=C/c3cccnc3)C(=O)N2c2ccccc2)on1. The minimum atomic E-state index is -0.426. The molecule has 150 valence electrons. The molecule has 2 aromatic heterocycles. The lowest BCUT2D eigenvalue weighted by Crippen LogP contribution is -2.31. The van der Waals surface area contributed by atoms with E-state index in [2.05, 4.69) is 20.2 Å². The molecule has 10 heteroatoms. The number of rotatable bonds is 5. The standard InChI is InChI=1S/C20H16N6O3S/c1-25-12-18(29-24-25)23-17(27)13-30-20-22-16(10-14-6-5-9-21-11-14)19(28)26(20)15-7-3-2-4-8-15/h2-12H,13H2,1H3/b16-10+. The Hall–Kier alpha value is -3.79. The molecule has 0 spiro atoms. The molecule has 3 aromatic rings. The Balaban J connectivity index is 1.60. The van der Waals surface area contributed by atoms with Crippen LogP contribution < -0.4 is 14.7 Å². The Labute approximate surface area is 176 Å². The van der Waals surface area contributed by atoms with Gasteiger partial charge in [0.2, 0.25) is 0 Å². The van der Waals surface area contributed by atoms with Gasteiger partial charge in [0.15, 0.2) is 17.5 Å². The maximum Gasteiger partial charge on any atom is 0.320 e. The highest BCUT2D eigenvalue weighted by Crippen LogP contribution is 2.29. The molecule has 0 saturated carbocycles. The third-order valence-corrected chi connectivity index (χ3v) is 4.88. The van der Waals surface area contributed by atoms with Crippen molar-refractivity contribution in [2.75, 3.05) is 10.7 Å². The van der Waals surface area contributed by atoms with Crippen molar-refractivity contribution in [1.82, 2.24) is 10.3 Å². The van der Waals surface area contributed by atoms with Gasteiger partial charge in [-0.3, -0.25) is 19.2 Å². The first-order chi connectivity index (χ1) is 14.6. The van der Waals surface area contributed by atoms with Crippen LogP contribution in [0.4, 0.5) is 11.6 Å². The molecule has 0 fully saturated rings. The number of amidine groups is 1. The molecule has 4 rings (SSSR count). The number of aryl methyl sites for hydroxylation is 1. The smallest absolute Gasteiger partial charge is 0.320 e. The first-order valence-corrected chi connectivity index (χ1v) is 9.88. The van der Waals surface area contributed by atoms with Gasteiger partial charge in [-0.25, -0.2) is 9.98 Å². The summed E-state index contributed by atoms with van der Waals surface area (Å²) in [5.41, 5.74) is 1.68. The predicted molar refractivity (Wildman–Crippen MR) is 111 cm³/mol. The number of aromatic nitrogens is 3. The van der Waals surface area contributed by atoms with Crippen molar-refractivity contribution in [2.45, 2.75) is 0 Å². The maximum atomic E-state index is 13.0. The average molecular weight is 420 g/mol. The van der Waals surface area contributed by atoms with E-state index in [0.717, 1.165) is 17.3 Å². The Morgan fingerprint density at radius 3 is 2.83 bits per heavy atom. The van der Waals surface area contributed by atoms with Crippen LogP contribution in [0.2, 0.25) is 0 Å². The fourth-order valence-corrected chi connectivity index (χ4v) is 3.46. The third kappa shape index (κ3) is 4.44. The highest BCUT2D eigenvalue weighted by molar-refractivity contribution is 8.14. The number of aliphatic imine (C=N–C) groups is 2. The van der Waals surface area contributed by atoms with E-state index >= 15 is 0 Å². The molecule has 1 aromatic carbocycles. The summed E-state index contributed by atoms with van der Waals surface area (Å²) in [6.07, 6.45) is 6.46. The van der Waals surface area contributed by atoms with Crippen molar-refractivity contribution in [3.63, 3.8) is 0 Å². The predicted octanol–water partition coefficient (Wildman–Crippen LogP) is 1.46. The maximum absolute atomic E-state index is 13.0. The quantitative estimate of drug-likeness (QED) is 0.267. The van der Waals surface area contributed by atoms with Crippen LogP contribution in [-0.2, 0) is 11.8 Å². The lowest BCUT2D eigenvalue weighted by Gasteiger charge is -2.18. The zero-order valence-corrected chi connectivity index (χ0v) is 16.7. The second-order valence-corrected chi connectivity index (χ2v) is 7.14. The Morgan fingerprint density at radius 1 is 1.30 bits per heavy atom. The number of thioether (sulfide) groups is 1. The van der Waals surface area contributed by atoms with E-state index in [9.17, 15) is 9.90 Å². The van der Waals surface area contributed by atoms with Crippen LogP contribution in [0.1, 0.15) is 5.56 Å². The van der Waals surface area contributed by atoms with Crippen LogP contribution in [0.3, 0.4) is 0 Å². The number of carbonyl (C=O) groups is 1. The van der Waals surface area contributed by atoms with Crippen molar-refractivity contribution in [3.05, 3.63) is 72.3 Å². The van der Waals surface area contributed by atoms with Gasteiger partial charge in [0, 0.05) is 18.1 Å². The molecular formula is C20H16N6O3S. The largest absolute Gasteiger partial charge is 0.861 e. The number of para-hydroxylation sites is 1. The van der Waals surface area contributed by atoms with E-state index in [-0.39, 0.29) is 23.2 Å². The summed E-state index contributed by atoms with van der Waals surface area (Å²) in [6, 6.07) is 12.8. The fourth-order valence-electron chi connectivity index (χ4n) is 2.66. The number of benzene rings is 1. The number of carbonyl (C=O) groups excluding carboxylic acids is 1. The van der Waals surface area contributed by atoms with Crippen LogP contribution in [0, 0.1) is 0 Å². The van der Waals surface area contributed by atoms with Gasteiger partial charge >= 0.3 is 5.88 Å². The molecule has 1 aliphatic heterocycles. The third-order valence-electron chi connectivity index (χ3n) is 3.95. The lowest BCUT2D eigenvalue weighted by atomic mass is 10.2. The molecule has 0 atom stereocenters. The van der Waals surface area contributed by atoms with Gasteiger partial charge in [-0.15, -0.1) is 0 Å². The van der Waals surface area contributed by atoms with Crippen molar-refractivity contribution in [1.29, 1.82) is 0 Å². The number of amides is 1. The average Bonchev–Trinajstić information content (AvgIpc) is 3.30. The van der Waals surface area contributed by atoms with Crippen LogP contribution in [0.25, 0.3) is 6.08 Å². The molecule has 3 heterocycles. The van der Waals surface area contributed by atoms with E-state index in [0.29, 0.717) is 10.9 Å². The molecule has 0 bridgehead atoms. The number of hydrogen-bond acceptors (Lipinski definition) is 8. The van der Waals surface area contributed by atoms with Crippen LogP contribution in [0.15, 0.2) is 81.3 Å². The van der Waals surface area contributed by atoms with Crippen LogP contribution in [0.5, 0.6) is 0 Å². The number of anilines is 1. The number of hydrogen-bond donors (Lipinski definition) is 0. The molecule has 0 unspecified atom stereocenters. The number of pyridine rings is 1. The van der Waals surface area contributed by atoms with Crippen LogP contribution in [-0.4, -0.2) is 33.0 Å². The minimum Gasteiger partial charge on any atom is -0.861 e. The van der Waals surface area contributed by atoms with Gasteiger partial charge in [0.25, 0.3) is 12.1 Å². The fraction of sp³-hybridized carbons (Fsp3) is 0.100. The van der Waals surface area contributed by atoms with E-state index in [1.54, 1.807) is 31.6 Å². The van der Waals surface area contributed by atoms with Crippen molar-refractivity contribution in [2.24, 2.45) is 17.0 Å². The van der Waals surface area contributed by atoms with Gasteiger partial charge in [0.1, 0.15) is 5.70 Å². The molecule has 9 nitrogen and oxygen atoms in total. The summed E-state index contributed by atoms with van der Waals surface area (Å²) < 4.78 is 6.31. The molecule has 0 radical (unpaired) electrons. The normalized spacial score (nSPS) is 15.7. The molecule has 0 N–H and O–H groups in total. The topological polar surface area (TPSA) is 111 Å². The summed E-state index contributed by atoms with van der Waals surface area (Å²) in [6.45, 7) is 0. The summed E-state index contributed by atoms with van der Waals surface area (Å²) in [4.78, 5) is 26.9. The van der Waals surface area contributed by atoms with E-state index in [1.807, 2.05) is 36.4 Å². The Kier molecular flexibility index (Phi) is 5.66. The second-order valence-electron chi connectivity index (χ2n) is 6.19. The van der Waals surface area contributed by atoms with Gasteiger partial charge in [0.05, 0.1) is 5.69 Å². The zero-order chi connectivity index (χ0) is 20.9. The molecule has 0 saturated heterocycles. The van der Waals surface area contributed by atoms with E-state index < -0.39 is 5.90 Å². The van der Waals surface area contributed by atoms with Crippen LogP contribution >= 0.6 is 11.8 Å². The van der Waals surface area contributed by atoms with Gasteiger partial charge in [-0.05, 0) is 35.7 Å². The van der Waals surface area contributed by atoms with Gasteiger partial charge in [-0.1, -0.05) is 40.7 Å². The van der Waals surface area contributed by atoms with Crippen molar-refractivity contribution >= 4 is 46.4 Å². The molecule has 0 aliphatic carbocycles. The van der Waals surface area contributed by atoms with Crippen molar-refractivity contribution < 1.29 is 19.1 Å². The highest BCUT2D eigenvalue weighted by atomic mass is 32.2. The molecule has 30 heavy (non-hydrogen) atoms. The Morgan fingerprint density at radius 2 is 2.13 bits per heavy atom. The lowest BCUT2D eigenvalue weighted by molar-refractivity contribution is -0.739. The first-order valence-electron chi connectivity index (χ1n) is 8.90. The van der Waals surface area contributed by atoms with Gasteiger partial charge in [-0.2, -0.15) is 0 Å².